The van der Waals surface area contributed by atoms with Crippen molar-refractivity contribution in [2.45, 2.75) is 31.5 Å². The zero-order chi connectivity index (χ0) is 9.90. The molecule has 6 heteroatoms. The fraction of sp³-hybridized carbons (Fsp3) is 1.00. The number of nitrogens with one attached hydrogen (secondary N) is 1. The summed E-state index contributed by atoms with van der Waals surface area (Å²) in [7, 11) is 0. The average molecular weight is 201 g/mol. The largest absolute Gasteiger partial charge is 0.416 e. The number of rotatable bonds is 3. The molecule has 0 aromatic rings. The molecule has 0 unspecified atom stereocenters. The zero-order valence-electron chi connectivity index (χ0n) is 6.90. The van der Waals surface area contributed by atoms with E-state index in [2.05, 4.69) is 10.1 Å². The molecule has 78 valence electrons. The number of alkyl halides is 4. The lowest BCUT2D eigenvalue weighted by Gasteiger charge is -2.26. The van der Waals surface area contributed by atoms with Crippen LogP contribution in [0, 0.1) is 0 Å². The van der Waals surface area contributed by atoms with Crippen molar-refractivity contribution in [2.75, 3.05) is 13.1 Å². The second-order valence-electron chi connectivity index (χ2n) is 2.93. The molecule has 1 rings (SSSR count). The summed E-state index contributed by atoms with van der Waals surface area (Å²) in [6.07, 6.45) is -8.11. The van der Waals surface area contributed by atoms with Gasteiger partial charge in [0.05, 0.1) is 6.10 Å². The van der Waals surface area contributed by atoms with Crippen LogP contribution >= 0.6 is 0 Å². The van der Waals surface area contributed by atoms with Crippen molar-refractivity contribution in [3.63, 3.8) is 0 Å². The van der Waals surface area contributed by atoms with E-state index in [0.717, 1.165) is 0 Å². The number of ether oxygens (including phenoxy) is 1. The first-order valence-corrected chi connectivity index (χ1v) is 4.07. The van der Waals surface area contributed by atoms with Gasteiger partial charge in [0.25, 0.3) is 0 Å². The average Bonchev–Trinajstić information content (AvgIpc) is 2.05. The minimum absolute atomic E-state index is 0.350. The van der Waals surface area contributed by atoms with Gasteiger partial charge in [-0.1, -0.05) is 0 Å². The summed E-state index contributed by atoms with van der Waals surface area (Å²) in [5.74, 6) is 0. The maximum atomic E-state index is 12.3. The fourth-order valence-corrected chi connectivity index (χ4v) is 1.19. The Bertz CT molecular complexity index is 159. The standard InChI is InChI=1S/C7H11F4NO/c8-6(9)7(10,11)13-5-1-3-12-4-2-5/h5-6,12H,1-4H2. The number of piperidine rings is 1. The molecule has 1 fully saturated rings. The van der Waals surface area contributed by atoms with Gasteiger partial charge < -0.3 is 10.1 Å². The Labute approximate surface area is 73.2 Å². The van der Waals surface area contributed by atoms with E-state index in [1.807, 2.05) is 0 Å². The highest BCUT2D eigenvalue weighted by Gasteiger charge is 2.44. The van der Waals surface area contributed by atoms with Gasteiger partial charge in [-0.05, 0) is 25.9 Å². The van der Waals surface area contributed by atoms with Crippen LogP contribution in [0.2, 0.25) is 0 Å². The van der Waals surface area contributed by atoms with Crippen molar-refractivity contribution in [1.29, 1.82) is 0 Å². The molecule has 0 amide bonds. The molecule has 0 saturated carbocycles. The summed E-state index contributed by atoms with van der Waals surface area (Å²) in [4.78, 5) is 0. The lowest BCUT2D eigenvalue weighted by atomic mass is 10.1. The van der Waals surface area contributed by atoms with Gasteiger partial charge in [0.15, 0.2) is 0 Å². The van der Waals surface area contributed by atoms with E-state index in [-0.39, 0.29) is 0 Å². The SMILES string of the molecule is FC(F)C(F)(F)OC1CCNCC1. The Morgan fingerprint density at radius 3 is 2.23 bits per heavy atom. The Balaban J connectivity index is 2.37. The van der Waals surface area contributed by atoms with Gasteiger partial charge in [-0.25, -0.2) is 8.78 Å². The predicted octanol–water partition coefficient (Wildman–Crippen LogP) is 1.61. The molecule has 0 aromatic heterocycles. The highest BCUT2D eigenvalue weighted by atomic mass is 19.3. The first-order chi connectivity index (χ1) is 6.02. The van der Waals surface area contributed by atoms with E-state index in [1.54, 1.807) is 0 Å². The summed E-state index contributed by atoms with van der Waals surface area (Å²) in [6, 6.07) is 0. The van der Waals surface area contributed by atoms with Crippen LogP contribution in [0.25, 0.3) is 0 Å². The first-order valence-electron chi connectivity index (χ1n) is 4.07. The lowest BCUT2D eigenvalue weighted by Crippen LogP contribution is -2.40. The van der Waals surface area contributed by atoms with E-state index in [0.29, 0.717) is 25.9 Å². The van der Waals surface area contributed by atoms with Crippen LogP contribution in [0.5, 0.6) is 0 Å². The molecule has 1 aliphatic heterocycles. The molecule has 13 heavy (non-hydrogen) atoms. The molecule has 0 bridgehead atoms. The van der Waals surface area contributed by atoms with Crippen molar-refractivity contribution in [1.82, 2.24) is 5.32 Å². The lowest BCUT2D eigenvalue weighted by molar-refractivity contribution is -0.320. The number of halogens is 4. The Hall–Kier alpha value is -0.360. The summed E-state index contributed by atoms with van der Waals surface area (Å²) in [5, 5.41) is 2.92. The molecule has 1 saturated heterocycles. The maximum absolute atomic E-state index is 12.3. The van der Waals surface area contributed by atoms with E-state index in [1.165, 1.54) is 0 Å². The van der Waals surface area contributed by atoms with Crippen LogP contribution in [0.15, 0.2) is 0 Å². The van der Waals surface area contributed by atoms with Crippen LogP contribution in [0.1, 0.15) is 12.8 Å². The summed E-state index contributed by atoms with van der Waals surface area (Å²) >= 11 is 0. The summed E-state index contributed by atoms with van der Waals surface area (Å²) in [5.41, 5.74) is 0. The van der Waals surface area contributed by atoms with Crippen molar-refractivity contribution in [2.24, 2.45) is 0 Å². The monoisotopic (exact) mass is 201 g/mol. The fourth-order valence-electron chi connectivity index (χ4n) is 1.19. The van der Waals surface area contributed by atoms with Crippen molar-refractivity contribution in [3.05, 3.63) is 0 Å². The quantitative estimate of drug-likeness (QED) is 0.700. The van der Waals surface area contributed by atoms with Gasteiger partial charge in [0.2, 0.25) is 0 Å². The normalized spacial score (nSPS) is 21.0. The van der Waals surface area contributed by atoms with Crippen molar-refractivity contribution in [3.8, 4) is 0 Å². The zero-order valence-corrected chi connectivity index (χ0v) is 6.90. The number of hydrogen-bond acceptors (Lipinski definition) is 2. The molecular formula is C7H11F4NO. The third-order valence-electron chi connectivity index (χ3n) is 1.86. The van der Waals surface area contributed by atoms with E-state index in [4.69, 9.17) is 0 Å². The van der Waals surface area contributed by atoms with Gasteiger partial charge in [-0.3, -0.25) is 0 Å². The van der Waals surface area contributed by atoms with Gasteiger partial charge in [-0.2, -0.15) is 8.78 Å². The summed E-state index contributed by atoms with van der Waals surface area (Å²) in [6.45, 7) is 1.06. The van der Waals surface area contributed by atoms with Gasteiger partial charge in [0, 0.05) is 0 Å². The van der Waals surface area contributed by atoms with Crippen LogP contribution in [0.3, 0.4) is 0 Å². The molecule has 0 spiro atoms. The molecule has 0 aliphatic carbocycles. The first kappa shape index (κ1) is 10.7. The molecule has 1 N–H and O–H groups in total. The Morgan fingerprint density at radius 2 is 1.77 bits per heavy atom. The van der Waals surface area contributed by atoms with Gasteiger partial charge in [-0.15, -0.1) is 0 Å². The van der Waals surface area contributed by atoms with E-state index in [9.17, 15) is 17.6 Å². The van der Waals surface area contributed by atoms with Crippen LogP contribution in [0.4, 0.5) is 17.6 Å². The minimum Gasteiger partial charge on any atom is -0.317 e. The molecule has 0 radical (unpaired) electrons. The maximum Gasteiger partial charge on any atom is 0.416 e. The van der Waals surface area contributed by atoms with Crippen molar-refractivity contribution >= 4 is 0 Å². The molecular weight excluding hydrogens is 190 g/mol. The molecule has 0 atom stereocenters. The smallest absolute Gasteiger partial charge is 0.317 e. The second-order valence-corrected chi connectivity index (χ2v) is 2.93. The highest BCUT2D eigenvalue weighted by molar-refractivity contribution is 4.70. The minimum atomic E-state index is -4.30. The van der Waals surface area contributed by atoms with E-state index < -0.39 is 18.6 Å². The molecule has 1 heterocycles. The van der Waals surface area contributed by atoms with Gasteiger partial charge >= 0.3 is 12.5 Å². The molecule has 0 aromatic carbocycles. The summed E-state index contributed by atoms with van der Waals surface area (Å²) < 4.78 is 52.0. The van der Waals surface area contributed by atoms with Crippen LogP contribution in [-0.4, -0.2) is 31.7 Å². The number of hydrogen-bond donors (Lipinski definition) is 1. The van der Waals surface area contributed by atoms with Crippen molar-refractivity contribution < 1.29 is 22.3 Å². The Morgan fingerprint density at radius 1 is 1.23 bits per heavy atom. The van der Waals surface area contributed by atoms with E-state index >= 15 is 0 Å². The Kier molecular flexibility index (Phi) is 3.49. The second kappa shape index (κ2) is 4.23. The molecule has 2 nitrogen and oxygen atoms in total. The van der Waals surface area contributed by atoms with Crippen LogP contribution < -0.4 is 5.32 Å². The topological polar surface area (TPSA) is 21.3 Å². The molecule has 1 aliphatic rings. The highest BCUT2D eigenvalue weighted by Crippen LogP contribution is 2.27. The third kappa shape index (κ3) is 3.11. The van der Waals surface area contributed by atoms with Gasteiger partial charge in [0.1, 0.15) is 0 Å². The predicted molar refractivity (Wildman–Crippen MR) is 37.9 cm³/mol. The third-order valence-corrected chi connectivity index (χ3v) is 1.86. The van der Waals surface area contributed by atoms with Crippen LogP contribution in [-0.2, 0) is 4.74 Å².